The van der Waals surface area contributed by atoms with Crippen LogP contribution in [0, 0.1) is 0 Å². The molecule has 0 radical (unpaired) electrons. The van der Waals surface area contributed by atoms with Crippen molar-refractivity contribution in [2.75, 3.05) is 19.5 Å². The molecular weight excluding hydrogens is 448 g/mol. The Hall–Kier alpha value is -4.01. The summed E-state index contributed by atoms with van der Waals surface area (Å²) in [5, 5.41) is 19.7. The number of aromatic nitrogens is 3. The van der Waals surface area contributed by atoms with Gasteiger partial charge in [0.25, 0.3) is 0 Å². The van der Waals surface area contributed by atoms with Gasteiger partial charge in [-0.1, -0.05) is 43.5 Å². The number of H-pyrrole nitrogens is 1. The van der Waals surface area contributed by atoms with Crippen LogP contribution in [0.25, 0.3) is 21.9 Å². The Labute approximate surface area is 203 Å². The molecule has 1 fully saturated rings. The van der Waals surface area contributed by atoms with Gasteiger partial charge in [0.15, 0.2) is 11.5 Å². The highest BCUT2D eigenvalue weighted by Crippen LogP contribution is 2.35. The molecule has 9 heteroatoms. The van der Waals surface area contributed by atoms with Crippen LogP contribution < -0.4 is 14.8 Å². The number of carboxylic acid groups (broad SMARTS) is 2. The molecule has 0 atom stereocenters. The number of hydrogen-bond donors (Lipinski definition) is 4. The minimum absolute atomic E-state index is 0.436. The van der Waals surface area contributed by atoms with E-state index in [4.69, 9.17) is 34.4 Å². The van der Waals surface area contributed by atoms with E-state index < -0.39 is 6.16 Å². The fourth-order valence-corrected chi connectivity index (χ4v) is 4.61. The number of para-hydroxylation sites is 1. The lowest BCUT2D eigenvalue weighted by molar-refractivity contribution is 0.137. The molecule has 184 valence electrons. The fraction of sp³-hybridized carbons (Fsp3) is 0.346. The molecule has 0 unspecified atom stereocenters. The molecular formula is C26H30N4O5. The number of methoxy groups -OCH3 is 2. The molecule has 0 amide bonds. The summed E-state index contributed by atoms with van der Waals surface area (Å²) < 4.78 is 10.8. The van der Waals surface area contributed by atoms with Gasteiger partial charge < -0.3 is 30.0 Å². The minimum atomic E-state index is -1.83. The van der Waals surface area contributed by atoms with Crippen LogP contribution in [0.4, 0.5) is 10.6 Å². The van der Waals surface area contributed by atoms with Gasteiger partial charge in [-0.3, -0.25) is 0 Å². The molecule has 0 bridgehead atoms. The molecule has 2 aromatic heterocycles. The predicted molar refractivity (Wildman–Crippen MR) is 135 cm³/mol. The molecule has 2 aromatic carbocycles. The third-order valence-electron chi connectivity index (χ3n) is 6.25. The minimum Gasteiger partial charge on any atom is -0.493 e. The summed E-state index contributed by atoms with van der Waals surface area (Å²) in [5.41, 5.74) is 3.09. The van der Waals surface area contributed by atoms with Crippen LogP contribution in [0.15, 0.2) is 42.5 Å². The quantitative estimate of drug-likeness (QED) is 0.265. The molecule has 1 saturated carbocycles. The van der Waals surface area contributed by atoms with Crippen LogP contribution in [0.5, 0.6) is 11.5 Å². The zero-order valence-electron chi connectivity index (χ0n) is 19.9. The number of rotatable bonds is 6. The van der Waals surface area contributed by atoms with E-state index in [1.165, 1.54) is 32.1 Å². The first-order chi connectivity index (χ1) is 17.0. The molecule has 0 aliphatic heterocycles. The Morgan fingerprint density at radius 2 is 1.74 bits per heavy atom. The summed E-state index contributed by atoms with van der Waals surface area (Å²) in [4.78, 5) is 22.1. The van der Waals surface area contributed by atoms with E-state index in [0.29, 0.717) is 12.5 Å². The van der Waals surface area contributed by atoms with Gasteiger partial charge in [0, 0.05) is 23.4 Å². The zero-order valence-corrected chi connectivity index (χ0v) is 19.9. The first-order valence-electron chi connectivity index (χ1n) is 11.6. The Morgan fingerprint density at radius 3 is 2.46 bits per heavy atom. The lowest BCUT2D eigenvalue weighted by Crippen LogP contribution is -2.11. The van der Waals surface area contributed by atoms with Gasteiger partial charge in [0.2, 0.25) is 0 Å². The lowest BCUT2D eigenvalue weighted by Gasteiger charge is -2.21. The average Bonchev–Trinajstić information content (AvgIpc) is 3.26. The maximum absolute atomic E-state index is 8.56. The molecule has 9 nitrogen and oxygen atoms in total. The SMILES string of the molecule is COc1ccc(CNc2nc(C3CCCCC3)nc3[nH]c4ccccc4c23)cc1OC.O=C(O)O. The second-order valence-corrected chi connectivity index (χ2v) is 8.49. The number of fused-ring (bicyclic) bond motifs is 3. The highest BCUT2D eigenvalue weighted by Gasteiger charge is 2.21. The van der Waals surface area contributed by atoms with Gasteiger partial charge in [0.05, 0.1) is 19.6 Å². The lowest BCUT2D eigenvalue weighted by atomic mass is 9.88. The topological polar surface area (TPSA) is 130 Å². The summed E-state index contributed by atoms with van der Waals surface area (Å²) in [5.74, 6) is 3.73. The fourth-order valence-electron chi connectivity index (χ4n) is 4.61. The van der Waals surface area contributed by atoms with Gasteiger partial charge in [-0.05, 0) is 36.6 Å². The standard InChI is InChI=1S/C25H28N4O2.CH2O3/c1-30-20-13-12-16(14-21(20)31-2)15-26-24-22-18-10-6-7-11-19(18)27-25(22)29-23(28-24)17-8-4-3-5-9-17;2-1(3)4/h6-7,10-14,17H,3-5,8-9,15H2,1-2H3,(H2,26,27,28,29);(H2,2,3,4). The van der Waals surface area contributed by atoms with Crippen LogP contribution >= 0.6 is 0 Å². The van der Waals surface area contributed by atoms with Gasteiger partial charge in [-0.25, -0.2) is 14.8 Å². The Morgan fingerprint density at radius 1 is 1.03 bits per heavy atom. The van der Waals surface area contributed by atoms with Crippen LogP contribution in [0.3, 0.4) is 0 Å². The first-order valence-corrected chi connectivity index (χ1v) is 11.6. The number of ether oxygens (including phenoxy) is 2. The highest BCUT2D eigenvalue weighted by molar-refractivity contribution is 6.11. The van der Waals surface area contributed by atoms with E-state index in [1.54, 1.807) is 14.2 Å². The average molecular weight is 479 g/mol. The number of anilines is 1. The molecule has 0 spiro atoms. The van der Waals surface area contributed by atoms with Crippen LogP contribution in [-0.4, -0.2) is 45.5 Å². The van der Waals surface area contributed by atoms with Crippen molar-refractivity contribution >= 4 is 33.9 Å². The van der Waals surface area contributed by atoms with Crippen LogP contribution in [0.2, 0.25) is 0 Å². The largest absolute Gasteiger partial charge is 0.503 e. The molecule has 4 N–H and O–H groups in total. The van der Waals surface area contributed by atoms with Crippen LogP contribution in [0.1, 0.15) is 49.4 Å². The number of nitrogens with zero attached hydrogens (tertiary/aromatic N) is 2. The van der Waals surface area contributed by atoms with Gasteiger partial charge in [0.1, 0.15) is 17.3 Å². The monoisotopic (exact) mass is 478 g/mol. The number of nitrogens with one attached hydrogen (secondary N) is 2. The van der Waals surface area contributed by atoms with Crippen molar-refractivity contribution in [1.29, 1.82) is 0 Å². The van der Waals surface area contributed by atoms with E-state index in [0.717, 1.165) is 50.6 Å². The molecule has 35 heavy (non-hydrogen) atoms. The molecule has 4 aromatic rings. The number of benzene rings is 2. The zero-order chi connectivity index (χ0) is 24.8. The summed E-state index contributed by atoms with van der Waals surface area (Å²) >= 11 is 0. The molecule has 5 rings (SSSR count). The Kier molecular flexibility index (Phi) is 7.54. The molecule has 0 saturated heterocycles. The van der Waals surface area contributed by atoms with E-state index in [1.807, 2.05) is 24.3 Å². The number of hydrogen-bond acceptors (Lipinski definition) is 6. The van der Waals surface area contributed by atoms with Crippen molar-refractivity contribution in [3.63, 3.8) is 0 Å². The summed E-state index contributed by atoms with van der Waals surface area (Å²) in [7, 11) is 3.31. The van der Waals surface area contributed by atoms with Crippen molar-refractivity contribution in [2.45, 2.75) is 44.6 Å². The Balaban J connectivity index is 0.000000672. The Bertz CT molecular complexity index is 1310. The van der Waals surface area contributed by atoms with Gasteiger partial charge in [-0.15, -0.1) is 0 Å². The smallest absolute Gasteiger partial charge is 0.493 e. The van der Waals surface area contributed by atoms with Crippen molar-refractivity contribution in [3.8, 4) is 11.5 Å². The van der Waals surface area contributed by atoms with Crippen molar-refractivity contribution in [3.05, 3.63) is 53.9 Å². The van der Waals surface area contributed by atoms with E-state index in [-0.39, 0.29) is 0 Å². The maximum atomic E-state index is 8.56. The van der Waals surface area contributed by atoms with E-state index in [2.05, 4.69) is 28.5 Å². The molecule has 1 aliphatic rings. The molecule has 1 aliphatic carbocycles. The van der Waals surface area contributed by atoms with Gasteiger partial charge >= 0.3 is 6.16 Å². The van der Waals surface area contributed by atoms with Crippen molar-refractivity contribution < 1.29 is 24.5 Å². The maximum Gasteiger partial charge on any atom is 0.503 e. The third kappa shape index (κ3) is 5.56. The summed E-state index contributed by atoms with van der Waals surface area (Å²) in [6.07, 6.45) is 4.33. The van der Waals surface area contributed by atoms with E-state index in [9.17, 15) is 0 Å². The normalized spacial score (nSPS) is 13.8. The first kappa shape index (κ1) is 24.1. The highest BCUT2D eigenvalue weighted by atomic mass is 16.6. The third-order valence-corrected chi connectivity index (χ3v) is 6.25. The summed E-state index contributed by atoms with van der Waals surface area (Å²) in [6, 6.07) is 14.3. The molecule has 2 heterocycles. The summed E-state index contributed by atoms with van der Waals surface area (Å²) in [6.45, 7) is 0.635. The predicted octanol–water partition coefficient (Wildman–Crippen LogP) is 6.01. The number of carbonyl (C=O) groups is 1. The van der Waals surface area contributed by atoms with Crippen molar-refractivity contribution in [1.82, 2.24) is 15.0 Å². The van der Waals surface area contributed by atoms with E-state index >= 15 is 0 Å². The van der Waals surface area contributed by atoms with Crippen LogP contribution in [-0.2, 0) is 6.54 Å². The van der Waals surface area contributed by atoms with Crippen molar-refractivity contribution in [2.24, 2.45) is 0 Å². The second kappa shape index (κ2) is 10.9. The van der Waals surface area contributed by atoms with Gasteiger partial charge in [-0.2, -0.15) is 0 Å². The number of aromatic amines is 1. The second-order valence-electron chi connectivity index (χ2n) is 8.49.